The van der Waals surface area contributed by atoms with Crippen LogP contribution in [0.15, 0.2) is 42.5 Å². The van der Waals surface area contributed by atoms with Gasteiger partial charge in [0.2, 0.25) is 0 Å². The van der Waals surface area contributed by atoms with Gasteiger partial charge in [-0.05, 0) is 81.4 Å². The number of hydrogen-bond acceptors (Lipinski definition) is 5. The van der Waals surface area contributed by atoms with Crippen LogP contribution in [0.3, 0.4) is 0 Å². The van der Waals surface area contributed by atoms with Crippen molar-refractivity contribution < 1.29 is 27.8 Å². The molecule has 2 aromatic heterocycles. The van der Waals surface area contributed by atoms with E-state index in [-0.39, 0.29) is 6.42 Å². The lowest BCUT2D eigenvalue weighted by molar-refractivity contribution is -0.140. The Morgan fingerprint density at radius 1 is 1.05 bits per heavy atom. The number of benzene rings is 2. The molecule has 4 rings (SSSR count). The summed E-state index contributed by atoms with van der Waals surface area (Å²) in [5.41, 5.74) is 2.44. The van der Waals surface area contributed by atoms with Crippen LogP contribution in [0.25, 0.3) is 21.3 Å². The molecule has 0 aliphatic carbocycles. The van der Waals surface area contributed by atoms with Crippen LogP contribution in [0.2, 0.25) is 0 Å². The molecule has 41 heavy (non-hydrogen) atoms. The summed E-state index contributed by atoms with van der Waals surface area (Å²) in [6.45, 7) is 8.35. The average Bonchev–Trinajstić information content (AvgIpc) is 3.50. The first kappa shape index (κ1) is 30.6. The molecule has 0 amide bonds. The SMILES string of the molecule is CCCCCCn1nc(-c2ccc(C(F)(F)F)cc2)cc1CCc1nsc2ccc(C)c(OC(C)(C)CC(=O)O)c12. The molecule has 0 saturated heterocycles. The molecule has 0 spiro atoms. The predicted octanol–water partition coefficient (Wildman–Crippen LogP) is 8.48. The van der Waals surface area contributed by atoms with E-state index in [0.29, 0.717) is 29.8 Å². The van der Waals surface area contributed by atoms with Gasteiger partial charge < -0.3 is 9.84 Å². The van der Waals surface area contributed by atoms with Gasteiger partial charge in [-0.1, -0.05) is 44.4 Å². The molecule has 220 valence electrons. The van der Waals surface area contributed by atoms with E-state index in [1.807, 2.05) is 29.8 Å². The highest BCUT2D eigenvalue weighted by atomic mass is 32.1. The summed E-state index contributed by atoms with van der Waals surface area (Å²) in [5.74, 6) is -0.282. The molecule has 0 radical (unpaired) electrons. The Hall–Kier alpha value is -3.40. The van der Waals surface area contributed by atoms with Crippen LogP contribution < -0.4 is 4.74 Å². The largest absolute Gasteiger partial charge is 0.486 e. The minimum Gasteiger partial charge on any atom is -0.486 e. The van der Waals surface area contributed by atoms with E-state index in [0.717, 1.165) is 71.4 Å². The molecule has 0 saturated carbocycles. The lowest BCUT2D eigenvalue weighted by Crippen LogP contribution is -2.31. The zero-order valence-electron chi connectivity index (χ0n) is 23.8. The molecule has 0 aliphatic rings. The summed E-state index contributed by atoms with van der Waals surface area (Å²) >= 11 is 1.38. The van der Waals surface area contributed by atoms with Crippen molar-refractivity contribution in [3.63, 3.8) is 0 Å². The van der Waals surface area contributed by atoms with Crippen LogP contribution >= 0.6 is 11.5 Å². The molecule has 10 heteroatoms. The van der Waals surface area contributed by atoms with Gasteiger partial charge in [0.05, 0.1) is 33.5 Å². The molecule has 4 aromatic rings. The van der Waals surface area contributed by atoms with Crippen LogP contribution in [0.5, 0.6) is 5.75 Å². The monoisotopic (exact) mass is 587 g/mol. The first-order valence-electron chi connectivity index (χ1n) is 13.9. The highest BCUT2D eigenvalue weighted by Crippen LogP contribution is 2.38. The number of hydrogen-bond donors (Lipinski definition) is 1. The molecule has 0 unspecified atom stereocenters. The molecule has 0 aliphatic heterocycles. The van der Waals surface area contributed by atoms with E-state index in [9.17, 15) is 23.1 Å². The second-order valence-electron chi connectivity index (χ2n) is 11.0. The lowest BCUT2D eigenvalue weighted by Gasteiger charge is -2.26. The van der Waals surface area contributed by atoms with Crippen LogP contribution in [0, 0.1) is 6.92 Å². The smallest absolute Gasteiger partial charge is 0.416 e. The first-order valence-corrected chi connectivity index (χ1v) is 14.7. The number of aromatic nitrogens is 3. The predicted molar refractivity (Wildman–Crippen MR) is 156 cm³/mol. The number of aryl methyl sites for hydroxylation is 4. The Bertz CT molecular complexity index is 1490. The van der Waals surface area contributed by atoms with E-state index < -0.39 is 23.3 Å². The molecule has 0 fully saturated rings. The number of alkyl halides is 3. The van der Waals surface area contributed by atoms with Crippen molar-refractivity contribution in [1.29, 1.82) is 0 Å². The normalized spacial score (nSPS) is 12.3. The average molecular weight is 588 g/mol. The summed E-state index contributed by atoms with van der Waals surface area (Å²) in [4.78, 5) is 11.4. The number of nitrogens with zero attached hydrogens (tertiary/aromatic N) is 3. The summed E-state index contributed by atoms with van der Waals surface area (Å²) in [6, 6.07) is 11.0. The van der Waals surface area contributed by atoms with Gasteiger partial charge in [-0.2, -0.15) is 22.6 Å². The molecular weight excluding hydrogens is 551 g/mol. The number of aliphatic carboxylic acids is 1. The van der Waals surface area contributed by atoms with E-state index in [4.69, 9.17) is 14.2 Å². The maximum atomic E-state index is 13.1. The van der Waals surface area contributed by atoms with Crippen molar-refractivity contribution >= 4 is 27.6 Å². The van der Waals surface area contributed by atoms with Crippen molar-refractivity contribution in [1.82, 2.24) is 14.2 Å². The van der Waals surface area contributed by atoms with Crippen LogP contribution in [-0.2, 0) is 30.4 Å². The highest BCUT2D eigenvalue weighted by Gasteiger charge is 2.30. The zero-order valence-corrected chi connectivity index (χ0v) is 24.7. The maximum Gasteiger partial charge on any atom is 0.416 e. The number of fused-ring (bicyclic) bond motifs is 1. The van der Waals surface area contributed by atoms with Crippen molar-refractivity contribution in [2.24, 2.45) is 0 Å². The number of rotatable bonds is 13. The van der Waals surface area contributed by atoms with Crippen molar-refractivity contribution in [3.05, 3.63) is 65.0 Å². The fraction of sp³-hybridized carbons (Fsp3) is 0.452. The fourth-order valence-corrected chi connectivity index (χ4v) is 5.72. The topological polar surface area (TPSA) is 77.2 Å². The Balaban J connectivity index is 1.62. The number of carboxylic acids is 1. The third-order valence-electron chi connectivity index (χ3n) is 7.03. The number of halogens is 3. The van der Waals surface area contributed by atoms with Gasteiger partial charge >= 0.3 is 12.1 Å². The van der Waals surface area contributed by atoms with Crippen molar-refractivity contribution in [2.75, 3.05) is 0 Å². The van der Waals surface area contributed by atoms with Crippen LogP contribution in [0.1, 0.15) is 75.4 Å². The molecule has 1 N–H and O–H groups in total. The molecule has 2 aromatic carbocycles. The van der Waals surface area contributed by atoms with Crippen molar-refractivity contribution in [2.45, 2.75) is 91.0 Å². The number of ether oxygens (including phenoxy) is 1. The van der Waals surface area contributed by atoms with Gasteiger partial charge in [-0.3, -0.25) is 9.48 Å². The minimum atomic E-state index is -4.39. The van der Waals surface area contributed by atoms with Gasteiger partial charge in [-0.15, -0.1) is 0 Å². The fourth-order valence-electron chi connectivity index (χ4n) is 4.90. The molecule has 2 heterocycles. The van der Waals surface area contributed by atoms with Gasteiger partial charge in [0.1, 0.15) is 11.4 Å². The Labute approximate surface area is 242 Å². The number of carbonyl (C=O) groups is 1. The summed E-state index contributed by atoms with van der Waals surface area (Å²) in [7, 11) is 0. The van der Waals surface area contributed by atoms with E-state index in [2.05, 4.69) is 6.92 Å². The second kappa shape index (κ2) is 12.6. The Morgan fingerprint density at radius 2 is 1.78 bits per heavy atom. The van der Waals surface area contributed by atoms with E-state index in [1.54, 1.807) is 13.8 Å². The van der Waals surface area contributed by atoms with Crippen LogP contribution in [0.4, 0.5) is 13.2 Å². The summed E-state index contributed by atoms with van der Waals surface area (Å²) in [5, 5.41) is 15.0. The summed E-state index contributed by atoms with van der Waals surface area (Å²) in [6.07, 6.45) is 0.999. The summed E-state index contributed by atoms with van der Waals surface area (Å²) < 4.78 is 53.2. The zero-order chi connectivity index (χ0) is 29.8. The van der Waals surface area contributed by atoms with Gasteiger partial charge in [0.25, 0.3) is 0 Å². The highest BCUT2D eigenvalue weighted by molar-refractivity contribution is 7.13. The molecular formula is C31H36F3N3O3S. The standard InChI is InChI=1S/C31H36F3N3O3S/c1-5-6-7-8-17-37-23(18-25(35-37)21-10-12-22(13-11-21)31(32,33)34)14-15-24-28-26(41-36-24)16-9-20(2)29(28)40-30(3,4)19-27(38)39/h9-13,16,18H,5-8,14-15,17,19H2,1-4H3,(H,38,39). The number of unbranched alkanes of at least 4 members (excludes halogenated alkanes) is 3. The number of carboxylic acid groups (broad SMARTS) is 1. The Kier molecular flexibility index (Phi) is 9.41. The second-order valence-corrected chi connectivity index (χ2v) is 11.8. The molecule has 6 nitrogen and oxygen atoms in total. The molecule has 0 atom stereocenters. The van der Waals surface area contributed by atoms with E-state index >= 15 is 0 Å². The lowest BCUT2D eigenvalue weighted by atomic mass is 10.0. The van der Waals surface area contributed by atoms with Crippen LogP contribution in [-0.4, -0.2) is 30.8 Å². The van der Waals surface area contributed by atoms with E-state index in [1.165, 1.54) is 23.7 Å². The first-order chi connectivity index (χ1) is 19.4. The van der Waals surface area contributed by atoms with Gasteiger partial charge in [0, 0.05) is 17.8 Å². The minimum absolute atomic E-state index is 0.139. The quantitative estimate of drug-likeness (QED) is 0.159. The Morgan fingerprint density at radius 3 is 2.44 bits per heavy atom. The molecule has 0 bridgehead atoms. The van der Waals surface area contributed by atoms with Gasteiger partial charge in [0.15, 0.2) is 0 Å². The third-order valence-corrected chi connectivity index (χ3v) is 7.88. The maximum absolute atomic E-state index is 13.1. The van der Waals surface area contributed by atoms with Crippen molar-refractivity contribution in [3.8, 4) is 17.0 Å². The third kappa shape index (κ3) is 7.67. The van der Waals surface area contributed by atoms with Gasteiger partial charge in [-0.25, -0.2) is 0 Å².